The molecule has 8 heteroatoms. The Bertz CT molecular complexity index is 577. The second kappa shape index (κ2) is 8.63. The average molecular weight is 407 g/mol. The van der Waals surface area contributed by atoms with E-state index in [1.807, 2.05) is 19.1 Å². The molecule has 1 heterocycles. The highest BCUT2D eigenvalue weighted by atomic mass is 79.9. The monoisotopic (exact) mass is 405 g/mol. The van der Waals surface area contributed by atoms with Gasteiger partial charge in [0.15, 0.2) is 0 Å². The molecule has 2 rings (SSSR count). The van der Waals surface area contributed by atoms with Gasteiger partial charge in [0, 0.05) is 23.4 Å². The maximum atomic E-state index is 12.1. The van der Waals surface area contributed by atoms with Crippen molar-refractivity contribution >= 4 is 45.8 Å². The van der Waals surface area contributed by atoms with Crippen molar-refractivity contribution in [3.8, 4) is 0 Å². The van der Waals surface area contributed by atoms with Crippen LogP contribution in [0.25, 0.3) is 0 Å². The van der Waals surface area contributed by atoms with Gasteiger partial charge in [-0.05, 0) is 43.5 Å². The van der Waals surface area contributed by atoms with Crippen molar-refractivity contribution in [2.45, 2.75) is 25.3 Å². The number of carbonyl (C=O) groups is 2. The fraction of sp³-hybridized carbons (Fsp3) is 0.467. The summed E-state index contributed by atoms with van der Waals surface area (Å²) in [5, 5.41) is 5.34. The van der Waals surface area contributed by atoms with Crippen LogP contribution in [0.1, 0.15) is 18.4 Å². The van der Waals surface area contributed by atoms with Gasteiger partial charge in [-0.1, -0.05) is 15.9 Å². The molecular weight excluding hydrogens is 386 g/mol. The molecule has 2 amide bonds. The van der Waals surface area contributed by atoms with Gasteiger partial charge in [0.05, 0.1) is 12.1 Å². The number of nitrogens with two attached hydrogens (primary N) is 1. The molecule has 0 aliphatic carbocycles. The van der Waals surface area contributed by atoms with Crippen molar-refractivity contribution in [2.24, 2.45) is 5.73 Å². The molecule has 0 unspecified atom stereocenters. The highest BCUT2D eigenvalue weighted by molar-refractivity contribution is 9.10. The smallest absolute Gasteiger partial charge is 0.243 e. The van der Waals surface area contributed by atoms with Gasteiger partial charge in [0.2, 0.25) is 11.8 Å². The number of ether oxygens (including phenoxy) is 1. The van der Waals surface area contributed by atoms with E-state index in [2.05, 4.69) is 26.6 Å². The zero-order chi connectivity index (χ0) is 16.2. The van der Waals surface area contributed by atoms with E-state index in [1.165, 1.54) is 0 Å². The second-order valence-electron chi connectivity index (χ2n) is 5.46. The number of aryl methyl sites for hydroxylation is 1. The number of benzene rings is 1. The Morgan fingerprint density at radius 2 is 2.00 bits per heavy atom. The van der Waals surface area contributed by atoms with Gasteiger partial charge in [-0.2, -0.15) is 0 Å². The number of nitrogens with one attached hydrogen (secondary N) is 2. The number of anilines is 1. The molecule has 1 aromatic rings. The van der Waals surface area contributed by atoms with Crippen LogP contribution in [0.5, 0.6) is 0 Å². The first-order chi connectivity index (χ1) is 10.4. The van der Waals surface area contributed by atoms with E-state index in [0.717, 1.165) is 10.0 Å². The first-order valence-electron chi connectivity index (χ1n) is 7.12. The van der Waals surface area contributed by atoms with Gasteiger partial charge >= 0.3 is 0 Å². The van der Waals surface area contributed by atoms with Crippen LogP contribution in [-0.4, -0.2) is 37.1 Å². The van der Waals surface area contributed by atoms with Crippen molar-refractivity contribution in [3.05, 3.63) is 28.2 Å². The molecule has 1 saturated heterocycles. The Morgan fingerprint density at radius 3 is 2.61 bits per heavy atom. The molecule has 1 aliphatic heterocycles. The second-order valence-corrected chi connectivity index (χ2v) is 6.32. The maximum Gasteiger partial charge on any atom is 0.243 e. The first kappa shape index (κ1) is 19.9. The number of rotatable bonds is 4. The standard InChI is InChI=1S/C15H20BrN3O3.ClH/c1-10-8-11(2-3-12(10)16)19-13(20)9-18-14(21)15(17)4-6-22-7-5-15;/h2-3,8H,4-7,9,17H2,1H3,(H,18,21)(H,19,20);1H. The van der Waals surface area contributed by atoms with Crippen molar-refractivity contribution in [2.75, 3.05) is 25.1 Å². The van der Waals surface area contributed by atoms with E-state index in [4.69, 9.17) is 10.5 Å². The van der Waals surface area contributed by atoms with Gasteiger partial charge in [-0.3, -0.25) is 9.59 Å². The summed E-state index contributed by atoms with van der Waals surface area (Å²) in [6, 6.07) is 5.51. The third-order valence-corrected chi connectivity index (χ3v) is 4.58. The third kappa shape index (κ3) is 5.46. The Hall–Kier alpha value is -1.15. The number of carbonyl (C=O) groups excluding carboxylic acids is 2. The number of hydrogen-bond donors (Lipinski definition) is 3. The number of halogens is 2. The minimum absolute atomic E-state index is 0. The molecule has 6 nitrogen and oxygen atoms in total. The molecule has 0 bridgehead atoms. The molecule has 1 fully saturated rings. The summed E-state index contributed by atoms with van der Waals surface area (Å²) in [5.74, 6) is -0.594. The molecule has 0 radical (unpaired) electrons. The molecule has 23 heavy (non-hydrogen) atoms. The van der Waals surface area contributed by atoms with Crippen LogP contribution in [0, 0.1) is 6.92 Å². The van der Waals surface area contributed by atoms with Gasteiger partial charge < -0.3 is 21.1 Å². The van der Waals surface area contributed by atoms with Crippen LogP contribution in [0.15, 0.2) is 22.7 Å². The summed E-state index contributed by atoms with van der Waals surface area (Å²) >= 11 is 3.40. The Labute approximate surface area is 150 Å². The summed E-state index contributed by atoms with van der Waals surface area (Å²) in [7, 11) is 0. The number of amides is 2. The largest absolute Gasteiger partial charge is 0.381 e. The molecule has 1 aliphatic rings. The summed E-state index contributed by atoms with van der Waals surface area (Å²) < 4.78 is 6.17. The van der Waals surface area contributed by atoms with E-state index in [-0.39, 0.29) is 30.8 Å². The minimum atomic E-state index is -0.938. The molecule has 0 atom stereocenters. The highest BCUT2D eigenvalue weighted by Gasteiger charge is 2.35. The molecule has 0 aromatic heterocycles. The molecule has 4 N–H and O–H groups in total. The predicted molar refractivity (Wildman–Crippen MR) is 94.7 cm³/mol. The van der Waals surface area contributed by atoms with E-state index in [1.54, 1.807) is 6.07 Å². The molecule has 128 valence electrons. The zero-order valence-electron chi connectivity index (χ0n) is 12.9. The lowest BCUT2D eigenvalue weighted by atomic mass is 9.90. The lowest BCUT2D eigenvalue weighted by molar-refractivity contribution is -0.131. The zero-order valence-corrected chi connectivity index (χ0v) is 15.3. The minimum Gasteiger partial charge on any atom is -0.381 e. The van der Waals surface area contributed by atoms with E-state index in [0.29, 0.717) is 31.7 Å². The van der Waals surface area contributed by atoms with Crippen molar-refractivity contribution in [3.63, 3.8) is 0 Å². The van der Waals surface area contributed by atoms with Crippen LogP contribution in [0.3, 0.4) is 0 Å². The first-order valence-corrected chi connectivity index (χ1v) is 7.91. The maximum absolute atomic E-state index is 12.1. The Balaban J connectivity index is 0.00000264. The lowest BCUT2D eigenvalue weighted by Crippen LogP contribution is -2.57. The lowest BCUT2D eigenvalue weighted by Gasteiger charge is -2.31. The van der Waals surface area contributed by atoms with Crippen LogP contribution in [-0.2, 0) is 14.3 Å². The van der Waals surface area contributed by atoms with Gasteiger partial charge in [0.1, 0.15) is 0 Å². The van der Waals surface area contributed by atoms with Crippen molar-refractivity contribution in [1.29, 1.82) is 0 Å². The van der Waals surface area contributed by atoms with Gasteiger partial charge in [-0.25, -0.2) is 0 Å². The van der Waals surface area contributed by atoms with Crippen molar-refractivity contribution < 1.29 is 14.3 Å². The molecule has 0 spiro atoms. The van der Waals surface area contributed by atoms with Crippen LogP contribution < -0.4 is 16.4 Å². The summed E-state index contributed by atoms with van der Waals surface area (Å²) in [4.78, 5) is 24.0. The van der Waals surface area contributed by atoms with Crippen LogP contribution in [0.2, 0.25) is 0 Å². The molecule has 1 aromatic carbocycles. The van der Waals surface area contributed by atoms with Crippen LogP contribution >= 0.6 is 28.3 Å². The molecule has 0 saturated carbocycles. The van der Waals surface area contributed by atoms with E-state index < -0.39 is 5.54 Å². The topological polar surface area (TPSA) is 93.5 Å². The highest BCUT2D eigenvalue weighted by Crippen LogP contribution is 2.20. The normalized spacial score (nSPS) is 16.1. The third-order valence-electron chi connectivity index (χ3n) is 3.69. The molecular formula is C15H21BrClN3O3. The average Bonchev–Trinajstić information content (AvgIpc) is 2.49. The van der Waals surface area contributed by atoms with E-state index >= 15 is 0 Å². The Morgan fingerprint density at radius 1 is 1.35 bits per heavy atom. The summed E-state index contributed by atoms with van der Waals surface area (Å²) in [6.07, 6.45) is 0.929. The van der Waals surface area contributed by atoms with E-state index in [9.17, 15) is 9.59 Å². The fourth-order valence-electron chi connectivity index (χ4n) is 2.23. The quantitative estimate of drug-likeness (QED) is 0.710. The fourth-order valence-corrected chi connectivity index (χ4v) is 2.47. The SMILES string of the molecule is Cc1cc(NC(=O)CNC(=O)C2(N)CCOCC2)ccc1Br.Cl. The number of hydrogen-bond acceptors (Lipinski definition) is 4. The van der Waals surface area contributed by atoms with Gasteiger partial charge in [0.25, 0.3) is 0 Å². The predicted octanol–water partition coefficient (Wildman–Crippen LogP) is 1.74. The Kier molecular flexibility index (Phi) is 7.47. The van der Waals surface area contributed by atoms with Crippen molar-refractivity contribution in [1.82, 2.24) is 5.32 Å². The summed E-state index contributed by atoms with van der Waals surface area (Å²) in [5.41, 5.74) is 6.82. The summed E-state index contributed by atoms with van der Waals surface area (Å²) in [6.45, 7) is 2.77. The van der Waals surface area contributed by atoms with Gasteiger partial charge in [-0.15, -0.1) is 12.4 Å². The van der Waals surface area contributed by atoms with Crippen LogP contribution in [0.4, 0.5) is 5.69 Å².